The number of nitrogens with one attached hydrogen (secondary N) is 3. The van der Waals surface area contributed by atoms with Crippen LogP contribution in [0.5, 0.6) is 0 Å². The molecule has 3 N–H and O–H groups in total. The van der Waals surface area contributed by atoms with Gasteiger partial charge in [-0.2, -0.15) is 0 Å². The maximum absolute atomic E-state index is 12.1. The normalized spacial score (nSPS) is 15.0. The van der Waals surface area contributed by atoms with Gasteiger partial charge in [-0.25, -0.2) is 4.98 Å². The molecule has 6 nitrogen and oxygen atoms in total. The average molecular weight is 314 g/mol. The molecule has 122 valence electrons. The molecule has 1 aromatic heterocycles. The molecule has 3 rings (SSSR count). The van der Waals surface area contributed by atoms with E-state index in [9.17, 15) is 9.59 Å². The van der Waals surface area contributed by atoms with Crippen LogP contribution in [0, 0.1) is 5.92 Å². The van der Waals surface area contributed by atoms with Crippen molar-refractivity contribution in [2.24, 2.45) is 5.92 Å². The first kappa shape index (κ1) is 15.5. The van der Waals surface area contributed by atoms with E-state index in [0.717, 1.165) is 11.0 Å². The summed E-state index contributed by atoms with van der Waals surface area (Å²) in [6.45, 7) is 0.889. The van der Waals surface area contributed by atoms with Crippen molar-refractivity contribution in [1.82, 2.24) is 20.6 Å². The number of carbonyl (C=O) groups excluding carboxylic acids is 2. The van der Waals surface area contributed by atoms with Crippen LogP contribution in [-0.2, 0) is 4.79 Å². The lowest BCUT2D eigenvalue weighted by atomic mass is 10.0. The summed E-state index contributed by atoms with van der Waals surface area (Å²) in [5.74, 6) is 0.488. The van der Waals surface area contributed by atoms with Gasteiger partial charge in [-0.1, -0.05) is 12.8 Å². The Labute approximate surface area is 135 Å². The van der Waals surface area contributed by atoms with Crippen molar-refractivity contribution in [3.05, 3.63) is 30.1 Å². The molecule has 0 bridgehead atoms. The summed E-state index contributed by atoms with van der Waals surface area (Å²) in [6, 6.07) is 5.33. The lowest BCUT2D eigenvalue weighted by Crippen LogP contribution is -2.35. The molecule has 0 unspecified atom stereocenters. The van der Waals surface area contributed by atoms with Crippen LogP contribution in [0.25, 0.3) is 11.0 Å². The van der Waals surface area contributed by atoms with E-state index in [1.807, 2.05) is 6.07 Å². The van der Waals surface area contributed by atoms with Crippen LogP contribution < -0.4 is 10.6 Å². The van der Waals surface area contributed by atoms with Crippen molar-refractivity contribution in [3.63, 3.8) is 0 Å². The Kier molecular flexibility index (Phi) is 4.90. The molecule has 1 saturated carbocycles. The second kappa shape index (κ2) is 7.26. The Bertz CT molecular complexity index is 689. The van der Waals surface area contributed by atoms with E-state index >= 15 is 0 Å². The van der Waals surface area contributed by atoms with Crippen LogP contribution in [0.4, 0.5) is 0 Å². The predicted octanol–water partition coefficient (Wildman–Crippen LogP) is 1.99. The number of fused-ring (bicyclic) bond motifs is 1. The Hall–Kier alpha value is -2.37. The minimum Gasteiger partial charge on any atom is -0.354 e. The first-order chi connectivity index (χ1) is 11.2. The molecule has 0 saturated heterocycles. The van der Waals surface area contributed by atoms with Crippen LogP contribution in [-0.4, -0.2) is 34.9 Å². The zero-order valence-electron chi connectivity index (χ0n) is 13.1. The third-order valence-electron chi connectivity index (χ3n) is 4.36. The van der Waals surface area contributed by atoms with E-state index in [0.29, 0.717) is 31.0 Å². The number of hydrogen-bond donors (Lipinski definition) is 3. The molecule has 0 spiro atoms. The van der Waals surface area contributed by atoms with Crippen molar-refractivity contribution < 1.29 is 9.59 Å². The van der Waals surface area contributed by atoms with E-state index in [1.165, 1.54) is 25.7 Å². The average Bonchev–Trinajstić information content (AvgIpc) is 3.21. The van der Waals surface area contributed by atoms with Gasteiger partial charge in [0.15, 0.2) is 0 Å². The Morgan fingerprint density at radius 3 is 2.78 bits per heavy atom. The minimum absolute atomic E-state index is 0.0880. The fourth-order valence-electron chi connectivity index (χ4n) is 3.11. The lowest BCUT2D eigenvalue weighted by Gasteiger charge is -2.10. The van der Waals surface area contributed by atoms with Gasteiger partial charge in [0.05, 0.1) is 17.4 Å². The van der Waals surface area contributed by atoms with Crippen LogP contribution in [0.15, 0.2) is 24.5 Å². The van der Waals surface area contributed by atoms with Gasteiger partial charge in [-0.3, -0.25) is 9.59 Å². The van der Waals surface area contributed by atoms with Gasteiger partial charge in [-0.05, 0) is 37.0 Å². The molecular weight excluding hydrogens is 292 g/mol. The van der Waals surface area contributed by atoms with Gasteiger partial charge < -0.3 is 15.6 Å². The van der Waals surface area contributed by atoms with E-state index < -0.39 is 0 Å². The quantitative estimate of drug-likeness (QED) is 0.713. The standard InChI is InChI=1S/C17H22N4O2/c22-16(9-12-3-1-2-4-12)18-7-8-19-17(23)13-5-6-14-15(10-13)21-11-20-14/h5-6,10-12H,1-4,7-9H2,(H,18,22)(H,19,23)(H,20,21). The van der Waals surface area contributed by atoms with Crippen molar-refractivity contribution in [3.8, 4) is 0 Å². The van der Waals surface area contributed by atoms with E-state index in [2.05, 4.69) is 20.6 Å². The summed E-state index contributed by atoms with van der Waals surface area (Å²) >= 11 is 0. The van der Waals surface area contributed by atoms with Crippen molar-refractivity contribution in [2.45, 2.75) is 32.1 Å². The number of aromatic amines is 1. The fraction of sp³-hybridized carbons (Fsp3) is 0.471. The monoisotopic (exact) mass is 314 g/mol. The molecular formula is C17H22N4O2. The number of hydrogen-bond acceptors (Lipinski definition) is 3. The maximum Gasteiger partial charge on any atom is 0.251 e. The zero-order chi connectivity index (χ0) is 16.1. The molecule has 1 heterocycles. The Morgan fingerprint density at radius 1 is 1.17 bits per heavy atom. The smallest absolute Gasteiger partial charge is 0.251 e. The highest BCUT2D eigenvalue weighted by atomic mass is 16.2. The highest BCUT2D eigenvalue weighted by Crippen LogP contribution is 2.27. The molecule has 1 aliphatic rings. The van der Waals surface area contributed by atoms with Crippen LogP contribution >= 0.6 is 0 Å². The summed E-state index contributed by atoms with van der Waals surface area (Å²) in [7, 11) is 0. The summed E-state index contributed by atoms with van der Waals surface area (Å²) in [6.07, 6.45) is 7.04. The lowest BCUT2D eigenvalue weighted by molar-refractivity contribution is -0.121. The molecule has 0 aliphatic heterocycles. The molecule has 1 aromatic carbocycles. The van der Waals surface area contributed by atoms with Gasteiger partial charge in [0.25, 0.3) is 5.91 Å². The van der Waals surface area contributed by atoms with E-state index in [-0.39, 0.29) is 11.8 Å². The van der Waals surface area contributed by atoms with E-state index in [1.54, 1.807) is 18.5 Å². The van der Waals surface area contributed by atoms with Gasteiger partial charge in [0, 0.05) is 25.1 Å². The molecule has 1 aliphatic carbocycles. The Balaban J connectivity index is 1.39. The third kappa shape index (κ3) is 4.09. The van der Waals surface area contributed by atoms with Crippen molar-refractivity contribution >= 4 is 22.8 Å². The second-order valence-electron chi connectivity index (χ2n) is 6.09. The Morgan fingerprint density at radius 2 is 1.96 bits per heavy atom. The number of carbonyl (C=O) groups is 2. The second-order valence-corrected chi connectivity index (χ2v) is 6.09. The van der Waals surface area contributed by atoms with Gasteiger partial charge in [-0.15, -0.1) is 0 Å². The number of benzene rings is 1. The minimum atomic E-state index is -0.147. The van der Waals surface area contributed by atoms with Crippen molar-refractivity contribution in [2.75, 3.05) is 13.1 Å². The molecule has 23 heavy (non-hydrogen) atoms. The summed E-state index contributed by atoms with van der Waals surface area (Å²) in [5, 5.41) is 5.69. The van der Waals surface area contributed by atoms with Gasteiger partial charge in [0.2, 0.25) is 5.91 Å². The van der Waals surface area contributed by atoms with Crippen LogP contribution in [0.2, 0.25) is 0 Å². The zero-order valence-corrected chi connectivity index (χ0v) is 13.1. The first-order valence-corrected chi connectivity index (χ1v) is 8.20. The highest BCUT2D eigenvalue weighted by molar-refractivity contribution is 5.97. The number of imidazole rings is 1. The molecule has 0 atom stereocenters. The number of aromatic nitrogens is 2. The molecule has 0 radical (unpaired) electrons. The van der Waals surface area contributed by atoms with Gasteiger partial charge in [0.1, 0.15) is 0 Å². The summed E-state index contributed by atoms with van der Waals surface area (Å²) < 4.78 is 0. The highest BCUT2D eigenvalue weighted by Gasteiger charge is 2.18. The number of nitrogens with zero attached hydrogens (tertiary/aromatic N) is 1. The first-order valence-electron chi connectivity index (χ1n) is 8.20. The summed E-state index contributed by atoms with van der Waals surface area (Å²) in [5.41, 5.74) is 2.25. The maximum atomic E-state index is 12.1. The molecule has 6 heteroatoms. The molecule has 1 fully saturated rings. The van der Waals surface area contributed by atoms with Gasteiger partial charge >= 0.3 is 0 Å². The largest absolute Gasteiger partial charge is 0.354 e. The molecule has 2 amide bonds. The third-order valence-corrected chi connectivity index (χ3v) is 4.36. The topological polar surface area (TPSA) is 86.9 Å². The van der Waals surface area contributed by atoms with Crippen LogP contribution in [0.3, 0.4) is 0 Å². The van der Waals surface area contributed by atoms with Crippen molar-refractivity contribution in [1.29, 1.82) is 0 Å². The number of H-pyrrole nitrogens is 1. The fourth-order valence-corrected chi connectivity index (χ4v) is 3.11. The number of rotatable bonds is 6. The number of amides is 2. The predicted molar refractivity (Wildman–Crippen MR) is 88.0 cm³/mol. The van der Waals surface area contributed by atoms with Crippen LogP contribution in [0.1, 0.15) is 42.5 Å². The molecule has 2 aromatic rings. The SMILES string of the molecule is O=C(CC1CCCC1)NCCNC(=O)c1ccc2nc[nH]c2c1. The van der Waals surface area contributed by atoms with E-state index in [4.69, 9.17) is 0 Å². The summed E-state index contributed by atoms with van der Waals surface area (Å²) in [4.78, 5) is 31.0.